The number of carbonyl (C=O) groups excluding carboxylic acids is 1. The molecule has 3 aromatic rings. The van der Waals surface area contributed by atoms with Crippen LogP contribution in [0.3, 0.4) is 0 Å². The molecule has 2 heterocycles. The molecule has 1 fully saturated rings. The van der Waals surface area contributed by atoms with Crippen LogP contribution in [0.4, 0.5) is 0 Å². The Bertz CT molecular complexity index is 851. The molecule has 0 radical (unpaired) electrons. The molecule has 4 nitrogen and oxygen atoms in total. The van der Waals surface area contributed by atoms with E-state index < -0.39 is 0 Å². The highest BCUT2D eigenvalue weighted by Crippen LogP contribution is 2.43. The Morgan fingerprint density at radius 2 is 2.08 bits per heavy atom. The van der Waals surface area contributed by atoms with Crippen molar-refractivity contribution in [1.82, 2.24) is 10.3 Å². The molecule has 25 heavy (non-hydrogen) atoms. The van der Waals surface area contributed by atoms with Crippen molar-refractivity contribution in [1.29, 1.82) is 0 Å². The van der Waals surface area contributed by atoms with Crippen molar-refractivity contribution in [2.75, 3.05) is 0 Å². The molecule has 0 aliphatic heterocycles. The monoisotopic (exact) mass is 352 g/mol. The first-order valence-electron chi connectivity index (χ1n) is 8.60. The SMILES string of the molecule is CC(Cc1cccs1)NC(=O)c1nc(-c2ccccc2)oc1C1CC1. The second kappa shape index (κ2) is 6.84. The molecular weight excluding hydrogens is 332 g/mol. The van der Waals surface area contributed by atoms with E-state index in [1.54, 1.807) is 11.3 Å². The van der Waals surface area contributed by atoms with Crippen LogP contribution in [-0.4, -0.2) is 16.9 Å². The molecule has 4 rings (SSSR count). The van der Waals surface area contributed by atoms with Crippen molar-refractivity contribution < 1.29 is 9.21 Å². The van der Waals surface area contributed by atoms with Gasteiger partial charge in [-0.3, -0.25) is 4.79 Å². The van der Waals surface area contributed by atoms with Gasteiger partial charge >= 0.3 is 0 Å². The summed E-state index contributed by atoms with van der Waals surface area (Å²) in [6.45, 7) is 2.02. The molecule has 5 heteroatoms. The average Bonchev–Trinajstić information content (AvgIpc) is 3.16. The van der Waals surface area contributed by atoms with Crippen LogP contribution >= 0.6 is 11.3 Å². The van der Waals surface area contributed by atoms with E-state index in [0.29, 0.717) is 17.5 Å². The molecule has 1 aliphatic rings. The van der Waals surface area contributed by atoms with Crippen LogP contribution in [0, 0.1) is 0 Å². The number of hydrogen-bond donors (Lipinski definition) is 1. The molecule has 1 amide bonds. The maximum absolute atomic E-state index is 12.8. The summed E-state index contributed by atoms with van der Waals surface area (Å²) in [6, 6.07) is 13.9. The van der Waals surface area contributed by atoms with Crippen LogP contribution in [0.25, 0.3) is 11.5 Å². The van der Waals surface area contributed by atoms with Gasteiger partial charge in [0.15, 0.2) is 5.69 Å². The fraction of sp³-hybridized carbons (Fsp3) is 0.300. The second-order valence-electron chi connectivity index (χ2n) is 6.53. The van der Waals surface area contributed by atoms with Gasteiger partial charge in [-0.2, -0.15) is 0 Å². The standard InChI is InChI=1S/C20H20N2O2S/c1-13(12-16-8-5-11-25-16)21-19(23)17-18(14-9-10-14)24-20(22-17)15-6-3-2-4-7-15/h2-8,11,13-14H,9-10,12H2,1H3,(H,21,23). The number of oxazole rings is 1. The zero-order chi connectivity index (χ0) is 17.2. The van der Waals surface area contributed by atoms with Crippen molar-refractivity contribution in [2.24, 2.45) is 0 Å². The van der Waals surface area contributed by atoms with Gasteiger partial charge in [0.2, 0.25) is 5.89 Å². The van der Waals surface area contributed by atoms with Crippen molar-refractivity contribution in [3.63, 3.8) is 0 Å². The van der Waals surface area contributed by atoms with Gasteiger partial charge in [0.25, 0.3) is 5.91 Å². The molecule has 2 aromatic heterocycles. The lowest BCUT2D eigenvalue weighted by Crippen LogP contribution is -2.34. The third-order valence-corrected chi connectivity index (χ3v) is 5.20. The molecule has 1 unspecified atom stereocenters. The molecule has 0 spiro atoms. The van der Waals surface area contributed by atoms with E-state index in [1.807, 2.05) is 43.3 Å². The average molecular weight is 352 g/mol. The van der Waals surface area contributed by atoms with Crippen LogP contribution in [0.15, 0.2) is 52.3 Å². The van der Waals surface area contributed by atoms with E-state index in [9.17, 15) is 4.79 Å². The summed E-state index contributed by atoms with van der Waals surface area (Å²) in [5.41, 5.74) is 1.34. The van der Waals surface area contributed by atoms with E-state index in [-0.39, 0.29) is 11.9 Å². The highest BCUT2D eigenvalue weighted by molar-refractivity contribution is 7.09. The summed E-state index contributed by atoms with van der Waals surface area (Å²) >= 11 is 1.71. The number of carbonyl (C=O) groups is 1. The van der Waals surface area contributed by atoms with Gasteiger partial charge in [0.1, 0.15) is 5.76 Å². The molecule has 1 aliphatic carbocycles. The first-order chi connectivity index (χ1) is 12.2. The number of amides is 1. The van der Waals surface area contributed by atoms with E-state index in [0.717, 1.165) is 30.6 Å². The third kappa shape index (κ3) is 3.66. The minimum Gasteiger partial charge on any atom is -0.440 e. The zero-order valence-electron chi connectivity index (χ0n) is 14.1. The molecule has 0 saturated heterocycles. The Morgan fingerprint density at radius 3 is 2.76 bits per heavy atom. The zero-order valence-corrected chi connectivity index (χ0v) is 14.9. The summed E-state index contributed by atoms with van der Waals surface area (Å²) in [5, 5.41) is 5.12. The van der Waals surface area contributed by atoms with Gasteiger partial charge in [-0.05, 0) is 43.3 Å². The van der Waals surface area contributed by atoms with Crippen LogP contribution in [0.5, 0.6) is 0 Å². The predicted molar refractivity (Wildman–Crippen MR) is 98.9 cm³/mol. The van der Waals surface area contributed by atoms with Gasteiger partial charge in [-0.1, -0.05) is 24.3 Å². The second-order valence-corrected chi connectivity index (χ2v) is 7.56. The van der Waals surface area contributed by atoms with Crippen molar-refractivity contribution in [3.05, 3.63) is 64.2 Å². The topological polar surface area (TPSA) is 55.1 Å². The summed E-state index contributed by atoms with van der Waals surface area (Å²) in [5.74, 6) is 1.45. The fourth-order valence-electron chi connectivity index (χ4n) is 2.89. The fourth-order valence-corrected chi connectivity index (χ4v) is 3.73. The Balaban J connectivity index is 1.54. The van der Waals surface area contributed by atoms with Crippen LogP contribution < -0.4 is 5.32 Å². The van der Waals surface area contributed by atoms with Crippen molar-refractivity contribution >= 4 is 17.2 Å². The molecular formula is C20H20N2O2S. The van der Waals surface area contributed by atoms with Crippen LogP contribution in [0.2, 0.25) is 0 Å². The highest BCUT2D eigenvalue weighted by atomic mass is 32.1. The smallest absolute Gasteiger partial charge is 0.273 e. The van der Waals surface area contributed by atoms with Gasteiger partial charge in [0, 0.05) is 28.8 Å². The Kier molecular flexibility index (Phi) is 4.40. The van der Waals surface area contributed by atoms with E-state index in [4.69, 9.17) is 4.42 Å². The van der Waals surface area contributed by atoms with E-state index in [1.165, 1.54) is 4.88 Å². The maximum Gasteiger partial charge on any atom is 0.273 e. The number of rotatable bonds is 6. The maximum atomic E-state index is 12.8. The normalized spacial score (nSPS) is 15.1. The Morgan fingerprint density at radius 1 is 1.28 bits per heavy atom. The summed E-state index contributed by atoms with van der Waals surface area (Å²) in [7, 11) is 0. The summed E-state index contributed by atoms with van der Waals surface area (Å²) in [6.07, 6.45) is 2.95. The van der Waals surface area contributed by atoms with Gasteiger partial charge in [-0.25, -0.2) is 4.98 Å². The predicted octanol–water partition coefficient (Wildman–Crippen LogP) is 4.64. The quantitative estimate of drug-likeness (QED) is 0.703. The van der Waals surface area contributed by atoms with Crippen molar-refractivity contribution in [3.8, 4) is 11.5 Å². The highest BCUT2D eigenvalue weighted by Gasteiger charge is 2.34. The molecule has 1 atom stereocenters. The lowest BCUT2D eigenvalue weighted by Gasteiger charge is -2.12. The van der Waals surface area contributed by atoms with Crippen molar-refractivity contribution in [2.45, 2.75) is 38.1 Å². The summed E-state index contributed by atoms with van der Waals surface area (Å²) in [4.78, 5) is 18.5. The molecule has 1 N–H and O–H groups in total. The number of thiophene rings is 1. The van der Waals surface area contributed by atoms with Gasteiger partial charge < -0.3 is 9.73 Å². The molecule has 0 bridgehead atoms. The first kappa shape index (κ1) is 16.1. The number of benzene rings is 1. The number of nitrogens with one attached hydrogen (secondary N) is 1. The molecule has 1 aromatic carbocycles. The van der Waals surface area contributed by atoms with Gasteiger partial charge in [0.05, 0.1) is 0 Å². The third-order valence-electron chi connectivity index (χ3n) is 4.30. The lowest BCUT2D eigenvalue weighted by atomic mass is 10.2. The van der Waals surface area contributed by atoms with Crippen LogP contribution in [0.1, 0.15) is 46.8 Å². The van der Waals surface area contributed by atoms with E-state index in [2.05, 4.69) is 21.7 Å². The Labute approximate surface area is 150 Å². The summed E-state index contributed by atoms with van der Waals surface area (Å²) < 4.78 is 5.96. The molecule has 1 saturated carbocycles. The molecule has 128 valence electrons. The lowest BCUT2D eigenvalue weighted by molar-refractivity contribution is 0.0933. The largest absolute Gasteiger partial charge is 0.440 e. The Hall–Kier alpha value is -2.40. The minimum absolute atomic E-state index is 0.0510. The number of hydrogen-bond acceptors (Lipinski definition) is 4. The van der Waals surface area contributed by atoms with E-state index >= 15 is 0 Å². The first-order valence-corrected chi connectivity index (χ1v) is 9.48. The number of nitrogens with zero attached hydrogens (tertiary/aromatic N) is 1. The minimum atomic E-state index is -0.142. The van der Waals surface area contributed by atoms with Crippen LogP contribution in [-0.2, 0) is 6.42 Å². The number of aromatic nitrogens is 1. The van der Waals surface area contributed by atoms with Gasteiger partial charge in [-0.15, -0.1) is 11.3 Å².